The molecule has 218 valence electrons. The van der Waals surface area contributed by atoms with E-state index in [-0.39, 0.29) is 40.1 Å². The number of imidazole rings is 1. The molecule has 3 N–H and O–H groups in total. The Morgan fingerprint density at radius 3 is 2.59 bits per heavy atom. The Morgan fingerprint density at radius 2 is 1.95 bits per heavy atom. The smallest absolute Gasteiger partial charge is 0.390 e. The fourth-order valence-corrected chi connectivity index (χ4v) is 5.39. The van der Waals surface area contributed by atoms with Crippen molar-refractivity contribution in [2.24, 2.45) is 0 Å². The van der Waals surface area contributed by atoms with Gasteiger partial charge in [-0.1, -0.05) is 0 Å². The first kappa shape index (κ1) is 30.2. The van der Waals surface area contributed by atoms with Crippen molar-refractivity contribution in [2.45, 2.75) is 57.0 Å². The zero-order valence-electron chi connectivity index (χ0n) is 21.5. The van der Waals surface area contributed by atoms with E-state index < -0.39 is 53.9 Å². The molecule has 0 radical (unpaired) electrons. The Labute approximate surface area is 235 Å². The number of carbonyl (C=O) groups excluding carboxylic acids is 1. The van der Waals surface area contributed by atoms with Crippen LogP contribution < -0.4 is 9.50 Å². The number of hydrogen-bond acceptors (Lipinski definition) is 7. The minimum absolute atomic E-state index is 0.00706. The van der Waals surface area contributed by atoms with E-state index >= 15 is 0 Å². The molecule has 2 aromatic carbocycles. The number of nitrogens with zero attached hydrogens (tertiary/aromatic N) is 3. The maximum Gasteiger partial charge on any atom is 0.390 e. The van der Waals surface area contributed by atoms with E-state index in [0.29, 0.717) is 31.4 Å². The molecule has 1 fully saturated rings. The zero-order chi connectivity index (χ0) is 29.7. The van der Waals surface area contributed by atoms with Crippen LogP contribution in [0.2, 0.25) is 0 Å². The van der Waals surface area contributed by atoms with E-state index in [4.69, 9.17) is 4.18 Å². The number of amides is 1. The number of hydrogen-bond donors (Lipinski definition) is 3. The number of halogens is 4. The Balaban J connectivity index is 1.71. The minimum Gasteiger partial charge on any atom is -0.401 e. The molecule has 0 bridgehead atoms. The Kier molecular flexibility index (Phi) is 9.42. The van der Waals surface area contributed by atoms with Crippen LogP contribution in [0.15, 0.2) is 42.5 Å². The molecule has 0 aliphatic heterocycles. The van der Waals surface area contributed by atoms with Gasteiger partial charge in [-0.05, 0) is 68.1 Å². The zero-order valence-corrected chi connectivity index (χ0v) is 22.3. The van der Waals surface area contributed by atoms with E-state index in [1.807, 2.05) is 6.07 Å². The first-order valence-electron chi connectivity index (χ1n) is 12.6. The van der Waals surface area contributed by atoms with Crippen LogP contribution in [-0.2, 0) is 17.7 Å². The monoisotopic (exact) mass is 594 g/mol. The number of rotatable bonds is 9. The standard InChI is InChI=1S/C27H26F4N4O5S/c28-18-11-16(14-32)10-17(12-18)25-34-24(26(38)33-19-2-1-3-21(37)13-19)23(15-36)35(25)20-4-6-22(7-5-20)40-41(39)9-8-27(29,30)31/h4-7,10-12,19,21,36-37H,1-3,8-9,13,15H2,(H,33,38). The largest absolute Gasteiger partial charge is 0.401 e. The van der Waals surface area contributed by atoms with Crippen LogP contribution >= 0.6 is 0 Å². The number of benzene rings is 2. The fourth-order valence-electron chi connectivity index (χ4n) is 4.58. The molecule has 1 aromatic heterocycles. The summed E-state index contributed by atoms with van der Waals surface area (Å²) in [4.78, 5) is 17.7. The Bertz CT molecular complexity index is 1470. The van der Waals surface area contributed by atoms with E-state index in [1.54, 1.807) is 0 Å². The van der Waals surface area contributed by atoms with Crippen molar-refractivity contribution in [3.05, 3.63) is 65.2 Å². The van der Waals surface area contributed by atoms with Crippen molar-refractivity contribution in [3.63, 3.8) is 0 Å². The molecular formula is C27H26F4N4O5S. The summed E-state index contributed by atoms with van der Waals surface area (Å²) >= 11 is -2.25. The minimum atomic E-state index is -4.48. The maximum atomic E-state index is 14.4. The summed E-state index contributed by atoms with van der Waals surface area (Å²) in [7, 11) is 0. The molecule has 4 rings (SSSR count). The normalized spacial score (nSPS) is 18.0. The predicted octanol–water partition coefficient (Wildman–Crippen LogP) is 4.07. The number of aliphatic hydroxyl groups excluding tert-OH is 2. The average molecular weight is 595 g/mol. The van der Waals surface area contributed by atoms with Crippen LogP contribution in [0.1, 0.15) is 53.8 Å². The molecule has 1 aliphatic rings. The summed E-state index contributed by atoms with van der Waals surface area (Å²) in [5.74, 6) is -2.06. The highest BCUT2D eigenvalue weighted by Crippen LogP contribution is 2.30. The van der Waals surface area contributed by atoms with E-state index in [9.17, 15) is 42.0 Å². The fraction of sp³-hybridized carbons (Fsp3) is 0.370. The second-order valence-electron chi connectivity index (χ2n) is 9.51. The lowest BCUT2D eigenvalue weighted by atomic mass is 9.93. The van der Waals surface area contributed by atoms with E-state index in [0.717, 1.165) is 12.1 Å². The van der Waals surface area contributed by atoms with Crippen LogP contribution in [0.3, 0.4) is 0 Å². The van der Waals surface area contributed by atoms with Crippen molar-refractivity contribution >= 4 is 17.0 Å². The van der Waals surface area contributed by atoms with Crippen LogP contribution in [0.4, 0.5) is 17.6 Å². The van der Waals surface area contributed by atoms with Crippen molar-refractivity contribution in [1.29, 1.82) is 5.26 Å². The number of alkyl halides is 3. The molecular weight excluding hydrogens is 568 g/mol. The van der Waals surface area contributed by atoms with Crippen molar-refractivity contribution < 1.29 is 41.0 Å². The Hall–Kier alpha value is -3.80. The molecule has 1 saturated carbocycles. The van der Waals surface area contributed by atoms with E-state index in [2.05, 4.69) is 10.3 Å². The molecule has 9 nitrogen and oxygen atoms in total. The first-order valence-corrected chi connectivity index (χ1v) is 13.9. The highest BCUT2D eigenvalue weighted by molar-refractivity contribution is 7.80. The van der Waals surface area contributed by atoms with Crippen LogP contribution in [-0.4, -0.2) is 54.0 Å². The predicted molar refractivity (Wildman–Crippen MR) is 140 cm³/mol. The van der Waals surface area contributed by atoms with Gasteiger partial charge in [-0.3, -0.25) is 9.36 Å². The number of nitrogens with one attached hydrogen (secondary N) is 1. The molecule has 14 heteroatoms. The quantitative estimate of drug-likeness (QED) is 0.318. The summed E-state index contributed by atoms with van der Waals surface area (Å²) in [6.45, 7) is -0.664. The van der Waals surface area contributed by atoms with Crippen molar-refractivity contribution in [3.8, 4) is 28.9 Å². The van der Waals surface area contributed by atoms with Crippen LogP contribution in [0.5, 0.6) is 5.75 Å². The SMILES string of the molecule is N#Cc1cc(F)cc(-c2nc(C(=O)NC3CCCC(O)C3)c(CO)n2-c2ccc(OS(=O)CCC(F)(F)F)cc2)c1. The van der Waals surface area contributed by atoms with Gasteiger partial charge in [0.1, 0.15) is 17.4 Å². The summed E-state index contributed by atoms with van der Waals surface area (Å²) in [6, 6.07) is 10.6. The lowest BCUT2D eigenvalue weighted by Gasteiger charge is -2.26. The molecule has 1 heterocycles. The van der Waals surface area contributed by atoms with Gasteiger partial charge in [-0.2, -0.15) is 18.4 Å². The van der Waals surface area contributed by atoms with Crippen LogP contribution in [0.25, 0.3) is 17.1 Å². The van der Waals surface area contributed by atoms with Gasteiger partial charge < -0.3 is 19.7 Å². The summed E-state index contributed by atoms with van der Waals surface area (Å²) < 4.78 is 70.0. The van der Waals surface area contributed by atoms with Gasteiger partial charge in [0.2, 0.25) is 11.1 Å². The molecule has 1 amide bonds. The molecule has 3 atom stereocenters. The van der Waals surface area contributed by atoms with Gasteiger partial charge in [-0.15, -0.1) is 0 Å². The van der Waals surface area contributed by atoms with Gasteiger partial charge in [0.05, 0.1) is 42.2 Å². The third kappa shape index (κ3) is 7.69. The maximum absolute atomic E-state index is 14.4. The molecule has 41 heavy (non-hydrogen) atoms. The summed E-state index contributed by atoms with van der Waals surface area (Å²) in [6.07, 6.45) is -3.97. The average Bonchev–Trinajstić information content (AvgIpc) is 3.31. The van der Waals surface area contributed by atoms with Crippen molar-refractivity contribution in [1.82, 2.24) is 14.9 Å². The highest BCUT2D eigenvalue weighted by atomic mass is 32.2. The molecule has 0 saturated heterocycles. The summed E-state index contributed by atoms with van der Waals surface area (Å²) in [5.41, 5.74) is 0.321. The van der Waals surface area contributed by atoms with Crippen molar-refractivity contribution in [2.75, 3.05) is 5.75 Å². The Morgan fingerprint density at radius 1 is 1.22 bits per heavy atom. The van der Waals surface area contributed by atoms with Gasteiger partial charge in [-0.25, -0.2) is 13.6 Å². The second-order valence-corrected chi connectivity index (χ2v) is 10.7. The third-order valence-corrected chi connectivity index (χ3v) is 7.36. The van der Waals surface area contributed by atoms with Gasteiger partial charge in [0, 0.05) is 17.3 Å². The van der Waals surface area contributed by atoms with Gasteiger partial charge in [0.25, 0.3) is 5.91 Å². The molecule has 1 aliphatic carbocycles. The number of nitriles is 1. The van der Waals surface area contributed by atoms with Gasteiger partial charge in [0.15, 0.2) is 5.69 Å². The van der Waals surface area contributed by atoms with Crippen LogP contribution in [0, 0.1) is 17.1 Å². The lowest BCUT2D eigenvalue weighted by molar-refractivity contribution is -0.129. The lowest BCUT2D eigenvalue weighted by Crippen LogP contribution is -2.40. The first-order chi connectivity index (χ1) is 19.5. The number of aliphatic hydroxyl groups is 2. The summed E-state index contributed by atoms with van der Waals surface area (Å²) in [5, 5.41) is 32.4. The topological polar surface area (TPSA) is 137 Å². The number of carbonyl (C=O) groups is 1. The third-order valence-electron chi connectivity index (χ3n) is 6.44. The highest BCUT2D eigenvalue weighted by Gasteiger charge is 2.29. The van der Waals surface area contributed by atoms with Gasteiger partial charge >= 0.3 is 6.18 Å². The molecule has 0 spiro atoms. The molecule has 3 unspecified atom stereocenters. The van der Waals surface area contributed by atoms with E-state index in [1.165, 1.54) is 34.9 Å². The second kappa shape index (κ2) is 12.8. The molecule has 3 aromatic rings. The number of aromatic nitrogens is 2.